The summed E-state index contributed by atoms with van der Waals surface area (Å²) in [5.74, 6) is 0. The molecule has 0 fully saturated rings. The lowest BCUT2D eigenvalue weighted by Gasteiger charge is -1.98. The highest BCUT2D eigenvalue weighted by Gasteiger charge is 1.92. The van der Waals surface area contributed by atoms with Crippen molar-refractivity contribution >= 4 is 6.21 Å². The molecule has 0 rings (SSSR count). The Morgan fingerprint density at radius 1 is 1.08 bits per heavy atom. The van der Waals surface area contributed by atoms with Crippen LogP contribution in [0.15, 0.2) is 53.2 Å². The fourth-order valence-corrected chi connectivity index (χ4v) is 0.948. The maximum Gasteiger partial charge on any atom is 0.0694 e. The summed E-state index contributed by atoms with van der Waals surface area (Å²) < 4.78 is 0. The normalized spacial score (nSPS) is 14.4. The Bertz CT molecular complexity index is 251. The Hall–Kier alpha value is -1.37. The molecule has 70 valence electrons. The average Bonchev–Trinajstić information content (AvgIpc) is 2.14. The molecule has 0 bridgehead atoms. The van der Waals surface area contributed by atoms with Crippen molar-refractivity contribution in [1.82, 2.24) is 0 Å². The van der Waals surface area contributed by atoms with Crippen molar-refractivity contribution in [2.24, 2.45) is 4.99 Å². The third kappa shape index (κ3) is 4.26. The van der Waals surface area contributed by atoms with Crippen LogP contribution in [0.3, 0.4) is 0 Å². The van der Waals surface area contributed by atoms with Crippen LogP contribution in [0.1, 0.15) is 20.8 Å². The molecule has 0 saturated carbocycles. The molecule has 13 heavy (non-hydrogen) atoms. The van der Waals surface area contributed by atoms with Gasteiger partial charge >= 0.3 is 0 Å². The topological polar surface area (TPSA) is 12.4 Å². The van der Waals surface area contributed by atoms with E-state index in [0.717, 1.165) is 11.3 Å². The Balaban J connectivity index is 5.10. The second-order valence-electron chi connectivity index (χ2n) is 2.43. The van der Waals surface area contributed by atoms with Crippen LogP contribution in [0.25, 0.3) is 0 Å². The Morgan fingerprint density at radius 2 is 1.69 bits per heavy atom. The van der Waals surface area contributed by atoms with Crippen LogP contribution in [0.5, 0.6) is 0 Å². The Labute approximate surface area is 80.9 Å². The summed E-state index contributed by atoms with van der Waals surface area (Å²) in [5.41, 5.74) is 1.98. The summed E-state index contributed by atoms with van der Waals surface area (Å²) in [6, 6.07) is 0. The van der Waals surface area contributed by atoms with Crippen molar-refractivity contribution in [1.29, 1.82) is 0 Å². The lowest BCUT2D eigenvalue weighted by molar-refractivity contribution is 1.36. The molecule has 1 nitrogen and oxygen atoms in total. The lowest BCUT2D eigenvalue weighted by Crippen LogP contribution is -1.80. The number of nitrogens with zero attached hydrogens (tertiary/aromatic N) is 1. The first-order valence-corrected chi connectivity index (χ1v) is 4.40. The molecule has 0 aliphatic carbocycles. The molecule has 0 spiro atoms. The summed E-state index contributed by atoms with van der Waals surface area (Å²) >= 11 is 0. The molecule has 0 radical (unpaired) electrons. The van der Waals surface area contributed by atoms with Gasteiger partial charge in [0.15, 0.2) is 0 Å². The Morgan fingerprint density at radius 3 is 2.08 bits per heavy atom. The zero-order valence-corrected chi connectivity index (χ0v) is 8.62. The first-order chi connectivity index (χ1) is 6.29. The van der Waals surface area contributed by atoms with Crippen LogP contribution in [0, 0.1) is 0 Å². The van der Waals surface area contributed by atoms with Crippen LogP contribution in [0.4, 0.5) is 0 Å². The van der Waals surface area contributed by atoms with Gasteiger partial charge in [0, 0.05) is 6.21 Å². The van der Waals surface area contributed by atoms with E-state index in [1.807, 2.05) is 51.2 Å². The van der Waals surface area contributed by atoms with Gasteiger partial charge in [-0.1, -0.05) is 30.9 Å². The molecule has 0 saturated heterocycles. The van der Waals surface area contributed by atoms with E-state index in [9.17, 15) is 0 Å². The van der Waals surface area contributed by atoms with Gasteiger partial charge in [-0.3, -0.25) is 4.99 Å². The fraction of sp³-hybridized carbons (Fsp3) is 0.250. The average molecular weight is 175 g/mol. The summed E-state index contributed by atoms with van der Waals surface area (Å²) in [6.07, 6.45) is 11.5. The number of hydrogen-bond acceptors (Lipinski definition) is 1. The minimum atomic E-state index is 0.943. The van der Waals surface area contributed by atoms with Crippen LogP contribution in [0.2, 0.25) is 0 Å². The number of aliphatic imine (C=N–C) groups is 1. The van der Waals surface area contributed by atoms with Gasteiger partial charge < -0.3 is 0 Å². The summed E-state index contributed by atoms with van der Waals surface area (Å²) in [5, 5.41) is 0. The van der Waals surface area contributed by atoms with Crippen molar-refractivity contribution in [3.05, 3.63) is 48.2 Å². The van der Waals surface area contributed by atoms with Gasteiger partial charge in [0.2, 0.25) is 0 Å². The van der Waals surface area contributed by atoms with Crippen molar-refractivity contribution in [2.45, 2.75) is 20.8 Å². The highest BCUT2D eigenvalue weighted by atomic mass is 14.7. The monoisotopic (exact) mass is 175 g/mol. The molecule has 0 aromatic carbocycles. The summed E-state index contributed by atoms with van der Waals surface area (Å²) in [7, 11) is 0. The van der Waals surface area contributed by atoms with Gasteiger partial charge in [0.05, 0.1) is 5.70 Å². The van der Waals surface area contributed by atoms with E-state index in [4.69, 9.17) is 0 Å². The van der Waals surface area contributed by atoms with Gasteiger partial charge in [0.1, 0.15) is 0 Å². The molecule has 1 heteroatoms. The van der Waals surface area contributed by atoms with Crippen LogP contribution < -0.4 is 0 Å². The number of rotatable bonds is 4. The largest absolute Gasteiger partial charge is 0.261 e. The van der Waals surface area contributed by atoms with E-state index in [0.29, 0.717) is 0 Å². The van der Waals surface area contributed by atoms with Crippen molar-refractivity contribution in [2.75, 3.05) is 0 Å². The zero-order valence-electron chi connectivity index (χ0n) is 8.62. The molecule has 0 aliphatic rings. The van der Waals surface area contributed by atoms with E-state index in [-0.39, 0.29) is 0 Å². The van der Waals surface area contributed by atoms with Gasteiger partial charge in [-0.25, -0.2) is 0 Å². The second-order valence-corrected chi connectivity index (χ2v) is 2.43. The molecule has 0 unspecified atom stereocenters. The zero-order chi connectivity index (χ0) is 10.1. The van der Waals surface area contributed by atoms with Gasteiger partial charge in [0.25, 0.3) is 0 Å². The van der Waals surface area contributed by atoms with Crippen molar-refractivity contribution < 1.29 is 0 Å². The standard InChI is InChI=1S/C12H17N/c1-5-9-11(7-3)12(10-6-2)13-8-4/h5-10H,3H2,1-2,4H3/b9-5-,10-6-,12-11+,13-8?. The minimum Gasteiger partial charge on any atom is -0.261 e. The van der Waals surface area contributed by atoms with Crippen LogP contribution >= 0.6 is 0 Å². The molecule has 0 aromatic rings. The van der Waals surface area contributed by atoms with Crippen LogP contribution in [-0.4, -0.2) is 6.21 Å². The minimum absolute atomic E-state index is 0.943. The van der Waals surface area contributed by atoms with Gasteiger partial charge in [-0.05, 0) is 32.4 Å². The molecule has 0 atom stereocenters. The SMILES string of the molecule is C=CC(/C=C\C)=C(/C=C\C)N=CC. The molecular formula is C12H17N. The summed E-state index contributed by atoms with van der Waals surface area (Å²) in [6.45, 7) is 9.60. The smallest absolute Gasteiger partial charge is 0.0694 e. The third-order valence-electron chi connectivity index (χ3n) is 1.45. The Kier molecular flexibility index (Phi) is 6.52. The molecule has 0 heterocycles. The first kappa shape index (κ1) is 11.6. The number of hydrogen-bond donors (Lipinski definition) is 0. The van der Waals surface area contributed by atoms with Crippen molar-refractivity contribution in [3.63, 3.8) is 0 Å². The van der Waals surface area contributed by atoms with Crippen molar-refractivity contribution in [3.8, 4) is 0 Å². The molecule has 0 aliphatic heterocycles. The highest BCUT2D eigenvalue weighted by Crippen LogP contribution is 2.10. The van der Waals surface area contributed by atoms with E-state index in [1.165, 1.54) is 0 Å². The first-order valence-electron chi connectivity index (χ1n) is 4.40. The van der Waals surface area contributed by atoms with Crippen LogP contribution in [-0.2, 0) is 0 Å². The predicted molar refractivity (Wildman–Crippen MR) is 61.0 cm³/mol. The maximum absolute atomic E-state index is 4.25. The third-order valence-corrected chi connectivity index (χ3v) is 1.45. The highest BCUT2D eigenvalue weighted by molar-refractivity contribution is 5.57. The summed E-state index contributed by atoms with van der Waals surface area (Å²) in [4.78, 5) is 4.25. The quantitative estimate of drug-likeness (QED) is 0.456. The van der Waals surface area contributed by atoms with E-state index in [1.54, 1.807) is 6.21 Å². The second kappa shape index (κ2) is 7.29. The fourth-order valence-electron chi connectivity index (χ4n) is 0.948. The molecular weight excluding hydrogens is 158 g/mol. The lowest BCUT2D eigenvalue weighted by atomic mass is 10.2. The molecule has 0 aromatic heterocycles. The number of allylic oxidation sites excluding steroid dienone is 6. The predicted octanol–water partition coefficient (Wildman–Crippen LogP) is 3.67. The molecule has 0 amide bonds. The maximum atomic E-state index is 4.25. The van der Waals surface area contributed by atoms with E-state index in [2.05, 4.69) is 11.6 Å². The van der Waals surface area contributed by atoms with Gasteiger partial charge in [-0.2, -0.15) is 0 Å². The molecule has 0 N–H and O–H groups in total. The van der Waals surface area contributed by atoms with Gasteiger partial charge in [-0.15, -0.1) is 0 Å². The van der Waals surface area contributed by atoms with E-state index >= 15 is 0 Å². The van der Waals surface area contributed by atoms with E-state index < -0.39 is 0 Å².